The Bertz CT molecular complexity index is 1040. The first-order valence-corrected chi connectivity index (χ1v) is 9.57. The molecule has 0 aliphatic rings. The molecule has 0 saturated heterocycles. The summed E-state index contributed by atoms with van der Waals surface area (Å²) in [4.78, 5) is 2.27. The van der Waals surface area contributed by atoms with Crippen molar-refractivity contribution in [1.82, 2.24) is 0 Å². The summed E-state index contributed by atoms with van der Waals surface area (Å²) in [6.07, 6.45) is 0. The molecule has 0 aliphatic carbocycles. The smallest absolute Gasteiger partial charge is 0.262 e. The minimum Gasteiger partial charge on any atom is -0.377 e. The van der Waals surface area contributed by atoms with Crippen LogP contribution in [0.5, 0.6) is 0 Å². The van der Waals surface area contributed by atoms with Crippen LogP contribution < -0.4 is 9.62 Å². The van der Waals surface area contributed by atoms with Crippen LogP contribution in [0, 0.1) is 13.8 Å². The fraction of sp³-hybridized carbons (Fsp3) is 0.200. The zero-order valence-corrected chi connectivity index (χ0v) is 15.7. The van der Waals surface area contributed by atoms with Crippen molar-refractivity contribution in [3.8, 4) is 0 Å². The normalized spacial score (nSPS) is 11.5. The van der Waals surface area contributed by atoms with Gasteiger partial charge in [0.15, 0.2) is 0 Å². The highest BCUT2D eigenvalue weighted by atomic mass is 32.2. The van der Waals surface area contributed by atoms with Crippen molar-refractivity contribution < 1.29 is 8.42 Å². The third-order valence-corrected chi connectivity index (χ3v) is 5.90. The van der Waals surface area contributed by atoms with Gasteiger partial charge in [-0.1, -0.05) is 36.4 Å². The van der Waals surface area contributed by atoms with E-state index < -0.39 is 10.0 Å². The van der Waals surface area contributed by atoms with Crippen molar-refractivity contribution >= 4 is 32.2 Å². The molecule has 0 bridgehead atoms. The number of rotatable bonds is 4. The molecule has 0 spiro atoms. The van der Waals surface area contributed by atoms with Gasteiger partial charge < -0.3 is 4.90 Å². The summed E-state index contributed by atoms with van der Waals surface area (Å²) in [6, 6.07) is 16.7. The Morgan fingerprint density at radius 3 is 2.20 bits per heavy atom. The van der Waals surface area contributed by atoms with Crippen molar-refractivity contribution in [3.63, 3.8) is 0 Å². The van der Waals surface area contributed by atoms with Crippen molar-refractivity contribution in [2.45, 2.75) is 18.7 Å². The second kappa shape index (κ2) is 6.41. The zero-order chi connectivity index (χ0) is 18.2. The Kier molecular flexibility index (Phi) is 4.43. The largest absolute Gasteiger partial charge is 0.377 e. The molecule has 3 aromatic rings. The molecule has 0 radical (unpaired) electrons. The molecule has 130 valence electrons. The van der Waals surface area contributed by atoms with Gasteiger partial charge in [0, 0.05) is 30.6 Å². The summed E-state index contributed by atoms with van der Waals surface area (Å²) in [5.41, 5.74) is 3.58. The number of fused-ring (bicyclic) bond motifs is 1. The lowest BCUT2D eigenvalue weighted by Crippen LogP contribution is -2.15. The van der Waals surface area contributed by atoms with Crippen LogP contribution in [0.1, 0.15) is 11.1 Å². The molecule has 3 rings (SSSR count). The van der Waals surface area contributed by atoms with Crippen LogP contribution in [0.25, 0.3) is 10.8 Å². The standard InChI is InChI=1S/C20H22N2O2S/c1-14-8-5-11-18(15(14)2)21-25(23,24)20-13-7-9-16-17(20)10-6-12-19(16)22(3)4/h5-13,21H,1-4H3. The molecule has 0 saturated carbocycles. The van der Waals surface area contributed by atoms with E-state index in [2.05, 4.69) is 4.72 Å². The van der Waals surface area contributed by atoms with E-state index in [1.807, 2.05) is 69.2 Å². The first kappa shape index (κ1) is 17.3. The minimum atomic E-state index is -3.69. The molecule has 0 aromatic heterocycles. The van der Waals surface area contributed by atoms with Crippen LogP contribution in [0.15, 0.2) is 59.5 Å². The predicted molar refractivity (Wildman–Crippen MR) is 105 cm³/mol. The summed E-state index contributed by atoms with van der Waals surface area (Å²) >= 11 is 0. The maximum absolute atomic E-state index is 13.0. The maximum atomic E-state index is 13.0. The molecule has 0 fully saturated rings. The van der Waals surface area contributed by atoms with Crippen molar-refractivity contribution in [2.75, 3.05) is 23.7 Å². The van der Waals surface area contributed by atoms with Crippen molar-refractivity contribution in [3.05, 3.63) is 65.7 Å². The lowest BCUT2D eigenvalue weighted by Gasteiger charge is -2.18. The molecule has 0 atom stereocenters. The van der Waals surface area contributed by atoms with Crippen LogP contribution in [0.3, 0.4) is 0 Å². The van der Waals surface area contributed by atoms with E-state index in [0.717, 1.165) is 22.2 Å². The lowest BCUT2D eigenvalue weighted by molar-refractivity contribution is 0.602. The maximum Gasteiger partial charge on any atom is 0.262 e. The highest BCUT2D eigenvalue weighted by Gasteiger charge is 2.19. The zero-order valence-electron chi connectivity index (χ0n) is 14.9. The third-order valence-electron chi connectivity index (χ3n) is 4.48. The number of sulfonamides is 1. The Labute approximate surface area is 149 Å². The minimum absolute atomic E-state index is 0.287. The highest BCUT2D eigenvalue weighted by molar-refractivity contribution is 7.93. The number of anilines is 2. The summed E-state index contributed by atoms with van der Waals surface area (Å²) in [5.74, 6) is 0. The van der Waals surface area contributed by atoms with Gasteiger partial charge in [-0.3, -0.25) is 4.72 Å². The molecule has 0 amide bonds. The van der Waals surface area contributed by atoms with Crippen LogP contribution in [0.2, 0.25) is 0 Å². The van der Waals surface area contributed by atoms with Gasteiger partial charge in [-0.05, 0) is 43.2 Å². The van der Waals surface area contributed by atoms with Gasteiger partial charge in [0.2, 0.25) is 0 Å². The monoisotopic (exact) mass is 354 g/mol. The molecule has 1 N–H and O–H groups in total. The third kappa shape index (κ3) is 3.20. The summed E-state index contributed by atoms with van der Waals surface area (Å²) in [6.45, 7) is 3.88. The number of aryl methyl sites for hydroxylation is 1. The van der Waals surface area contributed by atoms with E-state index in [4.69, 9.17) is 0 Å². The second-order valence-corrected chi connectivity index (χ2v) is 8.03. The van der Waals surface area contributed by atoms with Gasteiger partial charge in [-0.2, -0.15) is 0 Å². The summed E-state index contributed by atoms with van der Waals surface area (Å²) in [7, 11) is 0.207. The predicted octanol–water partition coefficient (Wildman–Crippen LogP) is 4.32. The van der Waals surface area contributed by atoms with Crippen LogP contribution in [-0.4, -0.2) is 22.5 Å². The van der Waals surface area contributed by atoms with E-state index in [9.17, 15) is 8.42 Å². The van der Waals surface area contributed by atoms with Gasteiger partial charge in [0.1, 0.15) is 0 Å². The second-order valence-electron chi connectivity index (χ2n) is 6.38. The number of hydrogen-bond donors (Lipinski definition) is 1. The molecule has 3 aromatic carbocycles. The number of nitrogens with zero attached hydrogens (tertiary/aromatic N) is 1. The van der Waals surface area contributed by atoms with E-state index in [-0.39, 0.29) is 4.90 Å². The molecular weight excluding hydrogens is 332 g/mol. The highest BCUT2D eigenvalue weighted by Crippen LogP contribution is 2.31. The fourth-order valence-electron chi connectivity index (χ4n) is 2.95. The van der Waals surface area contributed by atoms with Gasteiger partial charge in [-0.15, -0.1) is 0 Å². The Hall–Kier alpha value is -2.53. The topological polar surface area (TPSA) is 49.4 Å². The van der Waals surface area contributed by atoms with Crippen molar-refractivity contribution in [1.29, 1.82) is 0 Å². The summed E-state index contributed by atoms with van der Waals surface area (Å²) < 4.78 is 28.8. The Morgan fingerprint density at radius 2 is 1.48 bits per heavy atom. The van der Waals surface area contributed by atoms with Crippen LogP contribution in [0.4, 0.5) is 11.4 Å². The number of nitrogens with one attached hydrogen (secondary N) is 1. The molecule has 0 unspecified atom stereocenters. The van der Waals surface area contributed by atoms with Crippen molar-refractivity contribution in [2.24, 2.45) is 0 Å². The Morgan fingerprint density at radius 1 is 0.840 bits per heavy atom. The van der Waals surface area contributed by atoms with Gasteiger partial charge in [0.25, 0.3) is 10.0 Å². The Balaban J connectivity index is 2.15. The number of hydrogen-bond acceptors (Lipinski definition) is 3. The molecule has 4 nitrogen and oxygen atoms in total. The van der Waals surface area contributed by atoms with E-state index in [1.54, 1.807) is 18.2 Å². The average Bonchev–Trinajstić information content (AvgIpc) is 2.57. The van der Waals surface area contributed by atoms with Crippen LogP contribution in [-0.2, 0) is 10.0 Å². The van der Waals surface area contributed by atoms with E-state index >= 15 is 0 Å². The van der Waals surface area contributed by atoms with Gasteiger partial charge >= 0.3 is 0 Å². The van der Waals surface area contributed by atoms with Gasteiger partial charge in [0.05, 0.1) is 10.6 Å². The molecule has 5 heteroatoms. The quantitative estimate of drug-likeness (QED) is 0.759. The van der Waals surface area contributed by atoms with Crippen LogP contribution >= 0.6 is 0 Å². The lowest BCUT2D eigenvalue weighted by atomic mass is 10.1. The molecule has 0 heterocycles. The molecular formula is C20H22N2O2S. The fourth-order valence-corrected chi connectivity index (χ4v) is 4.30. The molecule has 0 aliphatic heterocycles. The van der Waals surface area contributed by atoms with E-state index in [1.165, 1.54) is 0 Å². The average molecular weight is 354 g/mol. The summed E-state index contributed by atoms with van der Waals surface area (Å²) in [5, 5.41) is 1.63. The molecule has 25 heavy (non-hydrogen) atoms. The van der Waals surface area contributed by atoms with E-state index in [0.29, 0.717) is 11.1 Å². The van der Waals surface area contributed by atoms with Gasteiger partial charge in [-0.25, -0.2) is 8.42 Å². The SMILES string of the molecule is Cc1cccc(NS(=O)(=O)c2cccc3c(N(C)C)cccc23)c1C. The first-order chi connectivity index (χ1) is 11.8. The number of benzene rings is 3. The first-order valence-electron chi connectivity index (χ1n) is 8.09.